The zero-order chi connectivity index (χ0) is 14.0. The largest absolute Gasteiger partial charge is 0.480 e. The number of carbonyl (C=O) groups is 1. The van der Waals surface area contributed by atoms with Crippen molar-refractivity contribution in [3.05, 3.63) is 21.9 Å². The standard InChI is InChI=1S/C13H21N3O2S/c1-15(2)5-9-3-11(19-8-9)7-16-6-10(14)4-12(16)13(17)18/h3,8,10,12H,4-7,14H2,1-2H3,(H,17,18)/t10-,12-/m0/s1. The van der Waals surface area contributed by atoms with Crippen LogP contribution in [-0.4, -0.2) is 53.6 Å². The quantitative estimate of drug-likeness (QED) is 0.836. The zero-order valence-corrected chi connectivity index (χ0v) is 12.2. The number of carboxylic acid groups (broad SMARTS) is 1. The van der Waals surface area contributed by atoms with Crippen LogP contribution in [0.2, 0.25) is 0 Å². The maximum atomic E-state index is 11.2. The number of rotatable bonds is 5. The molecule has 1 aliphatic rings. The maximum absolute atomic E-state index is 11.2. The third-order valence-corrected chi connectivity index (χ3v) is 4.26. The molecule has 0 spiro atoms. The second-order valence-electron chi connectivity index (χ2n) is 5.44. The van der Waals surface area contributed by atoms with E-state index in [-0.39, 0.29) is 6.04 Å². The van der Waals surface area contributed by atoms with Crippen molar-refractivity contribution < 1.29 is 9.90 Å². The number of nitrogens with two attached hydrogens (primary N) is 1. The molecule has 0 aromatic carbocycles. The Hall–Kier alpha value is -0.950. The van der Waals surface area contributed by atoms with Crippen molar-refractivity contribution in [2.75, 3.05) is 20.6 Å². The highest BCUT2D eigenvalue weighted by atomic mass is 32.1. The van der Waals surface area contributed by atoms with E-state index < -0.39 is 12.0 Å². The van der Waals surface area contributed by atoms with Crippen LogP contribution in [0.1, 0.15) is 16.9 Å². The van der Waals surface area contributed by atoms with Crippen LogP contribution in [0.3, 0.4) is 0 Å². The predicted molar refractivity (Wildman–Crippen MR) is 76.1 cm³/mol. The van der Waals surface area contributed by atoms with E-state index in [1.54, 1.807) is 11.3 Å². The minimum Gasteiger partial charge on any atom is -0.480 e. The van der Waals surface area contributed by atoms with Gasteiger partial charge >= 0.3 is 5.97 Å². The van der Waals surface area contributed by atoms with E-state index in [4.69, 9.17) is 5.73 Å². The Bertz CT molecular complexity index is 447. The van der Waals surface area contributed by atoms with Crippen LogP contribution in [-0.2, 0) is 17.9 Å². The highest BCUT2D eigenvalue weighted by Crippen LogP contribution is 2.23. The molecule has 2 heterocycles. The Kier molecular flexibility index (Phi) is 4.57. The Labute approximate surface area is 117 Å². The topological polar surface area (TPSA) is 69.8 Å². The van der Waals surface area contributed by atoms with Gasteiger partial charge in [0.2, 0.25) is 0 Å². The predicted octanol–water partition coefficient (Wildman–Crippen LogP) is 0.796. The summed E-state index contributed by atoms with van der Waals surface area (Å²) >= 11 is 1.69. The van der Waals surface area contributed by atoms with E-state index in [0.29, 0.717) is 19.5 Å². The maximum Gasteiger partial charge on any atom is 0.320 e. The number of hydrogen-bond donors (Lipinski definition) is 2. The van der Waals surface area contributed by atoms with Gasteiger partial charge in [0.1, 0.15) is 6.04 Å². The Morgan fingerprint density at radius 1 is 1.63 bits per heavy atom. The minimum absolute atomic E-state index is 0.0256. The second kappa shape index (κ2) is 6.00. The van der Waals surface area contributed by atoms with Crippen LogP contribution in [0.15, 0.2) is 11.4 Å². The van der Waals surface area contributed by atoms with Crippen LogP contribution in [0.4, 0.5) is 0 Å². The fraction of sp³-hybridized carbons (Fsp3) is 0.615. The summed E-state index contributed by atoms with van der Waals surface area (Å²) in [5, 5.41) is 11.3. The molecule has 19 heavy (non-hydrogen) atoms. The molecular weight excluding hydrogens is 262 g/mol. The molecule has 1 aliphatic heterocycles. The van der Waals surface area contributed by atoms with E-state index in [1.807, 2.05) is 19.0 Å². The summed E-state index contributed by atoms with van der Waals surface area (Å²) in [6.07, 6.45) is 0.547. The Balaban J connectivity index is 2.00. The smallest absolute Gasteiger partial charge is 0.320 e. The van der Waals surface area contributed by atoms with Crippen molar-refractivity contribution in [3.8, 4) is 0 Å². The summed E-state index contributed by atoms with van der Waals surface area (Å²) in [6.45, 7) is 2.26. The normalized spacial score (nSPS) is 24.2. The van der Waals surface area contributed by atoms with Gasteiger partial charge in [-0.2, -0.15) is 0 Å². The van der Waals surface area contributed by atoms with Gasteiger partial charge in [-0.15, -0.1) is 11.3 Å². The van der Waals surface area contributed by atoms with Crippen LogP contribution >= 0.6 is 11.3 Å². The molecule has 0 radical (unpaired) electrons. The summed E-state index contributed by atoms with van der Waals surface area (Å²) in [4.78, 5) is 16.5. The van der Waals surface area contributed by atoms with E-state index in [0.717, 1.165) is 6.54 Å². The summed E-state index contributed by atoms with van der Waals surface area (Å²) in [7, 11) is 4.08. The van der Waals surface area contributed by atoms with Crippen molar-refractivity contribution >= 4 is 17.3 Å². The Morgan fingerprint density at radius 2 is 2.37 bits per heavy atom. The lowest BCUT2D eigenvalue weighted by atomic mass is 10.2. The molecule has 1 saturated heterocycles. The molecule has 2 atom stereocenters. The van der Waals surface area contributed by atoms with E-state index in [2.05, 4.69) is 16.3 Å². The van der Waals surface area contributed by atoms with Crippen LogP contribution in [0.5, 0.6) is 0 Å². The number of aliphatic carboxylic acids is 1. The van der Waals surface area contributed by atoms with Crippen LogP contribution in [0, 0.1) is 0 Å². The van der Waals surface area contributed by atoms with Gasteiger partial charge in [0.05, 0.1) is 0 Å². The van der Waals surface area contributed by atoms with Gasteiger partial charge in [0.15, 0.2) is 0 Å². The van der Waals surface area contributed by atoms with Gasteiger partial charge in [-0.25, -0.2) is 0 Å². The van der Waals surface area contributed by atoms with E-state index in [1.165, 1.54) is 10.4 Å². The lowest BCUT2D eigenvalue weighted by Gasteiger charge is -2.19. The number of thiophene rings is 1. The molecule has 0 bridgehead atoms. The molecule has 0 saturated carbocycles. The van der Waals surface area contributed by atoms with Crippen molar-refractivity contribution in [1.29, 1.82) is 0 Å². The molecule has 1 fully saturated rings. The summed E-state index contributed by atoms with van der Waals surface area (Å²) in [5.41, 5.74) is 7.15. The highest BCUT2D eigenvalue weighted by molar-refractivity contribution is 7.10. The van der Waals surface area contributed by atoms with Crippen LogP contribution < -0.4 is 5.73 Å². The molecular formula is C13H21N3O2S. The third-order valence-electron chi connectivity index (χ3n) is 3.29. The third kappa shape index (κ3) is 3.76. The first-order chi connectivity index (χ1) is 8.95. The molecule has 1 aromatic heterocycles. The van der Waals surface area contributed by atoms with E-state index >= 15 is 0 Å². The first-order valence-electron chi connectivity index (χ1n) is 6.39. The molecule has 0 amide bonds. The fourth-order valence-corrected chi connectivity index (χ4v) is 3.43. The van der Waals surface area contributed by atoms with Crippen LogP contribution in [0.25, 0.3) is 0 Å². The lowest BCUT2D eigenvalue weighted by Crippen LogP contribution is -2.35. The van der Waals surface area contributed by atoms with Crippen molar-refractivity contribution in [3.63, 3.8) is 0 Å². The van der Waals surface area contributed by atoms with Gasteiger partial charge in [-0.1, -0.05) is 0 Å². The molecule has 0 aliphatic carbocycles. The van der Waals surface area contributed by atoms with E-state index in [9.17, 15) is 9.90 Å². The van der Waals surface area contributed by atoms with Crippen molar-refractivity contribution in [2.24, 2.45) is 5.73 Å². The van der Waals surface area contributed by atoms with Gasteiger partial charge in [0, 0.05) is 30.6 Å². The fourth-order valence-electron chi connectivity index (χ4n) is 2.53. The monoisotopic (exact) mass is 283 g/mol. The first kappa shape index (κ1) is 14.5. The molecule has 106 valence electrons. The molecule has 0 unspecified atom stereocenters. The number of carboxylic acids is 1. The molecule has 1 aromatic rings. The zero-order valence-electron chi connectivity index (χ0n) is 11.4. The summed E-state index contributed by atoms with van der Waals surface area (Å²) < 4.78 is 0. The molecule has 2 rings (SSSR count). The lowest BCUT2D eigenvalue weighted by molar-refractivity contribution is -0.142. The number of likely N-dealkylation sites (tertiary alicyclic amines) is 1. The number of nitrogens with zero attached hydrogens (tertiary/aromatic N) is 2. The summed E-state index contributed by atoms with van der Waals surface area (Å²) in [6, 6.07) is 1.70. The van der Waals surface area contributed by atoms with Gasteiger partial charge in [-0.3, -0.25) is 9.69 Å². The van der Waals surface area contributed by atoms with Gasteiger partial charge < -0.3 is 15.7 Å². The summed E-state index contributed by atoms with van der Waals surface area (Å²) in [5.74, 6) is -0.766. The van der Waals surface area contributed by atoms with Crippen molar-refractivity contribution in [1.82, 2.24) is 9.80 Å². The van der Waals surface area contributed by atoms with Gasteiger partial charge in [0.25, 0.3) is 0 Å². The SMILES string of the molecule is CN(C)Cc1csc(CN2C[C@@H](N)C[C@H]2C(=O)O)c1. The Morgan fingerprint density at radius 3 is 3.00 bits per heavy atom. The van der Waals surface area contributed by atoms with Crippen molar-refractivity contribution in [2.45, 2.75) is 31.6 Å². The molecule has 6 heteroatoms. The highest BCUT2D eigenvalue weighted by Gasteiger charge is 2.35. The van der Waals surface area contributed by atoms with Gasteiger partial charge in [-0.05, 0) is 37.5 Å². The minimum atomic E-state index is -0.766. The molecule has 5 nitrogen and oxygen atoms in total. The average Bonchev–Trinajstić information content (AvgIpc) is 2.85. The average molecular weight is 283 g/mol. The second-order valence-corrected chi connectivity index (χ2v) is 6.43. The molecule has 3 N–H and O–H groups in total. The first-order valence-corrected chi connectivity index (χ1v) is 7.27. The number of hydrogen-bond acceptors (Lipinski definition) is 5.